The first-order valence-electron chi connectivity index (χ1n) is 5.34. The maximum Gasteiger partial charge on any atom is 0.243 e. The van der Waals surface area contributed by atoms with E-state index in [0.717, 1.165) is 0 Å². The molecule has 6 heteroatoms. The molecule has 94 valence electrons. The van der Waals surface area contributed by atoms with Crippen LogP contribution >= 0.6 is 0 Å². The van der Waals surface area contributed by atoms with E-state index in [1.807, 2.05) is 0 Å². The summed E-state index contributed by atoms with van der Waals surface area (Å²) >= 11 is 0. The predicted octanol–water partition coefficient (Wildman–Crippen LogP) is 0.371. The standard InChI is InChI=1S/C11H15NO4S/c1-16-10-8-12(6-7-13)17(14,15)11-5-3-2-4-9(10)11/h2-5,10,13H,6-8H2,1H3. The zero-order valence-corrected chi connectivity index (χ0v) is 10.4. The van der Waals surface area contributed by atoms with Gasteiger partial charge in [0.05, 0.1) is 17.6 Å². The van der Waals surface area contributed by atoms with Crippen LogP contribution in [0.15, 0.2) is 29.2 Å². The number of nitrogens with zero attached hydrogens (tertiary/aromatic N) is 1. The maximum absolute atomic E-state index is 12.2. The average molecular weight is 257 g/mol. The van der Waals surface area contributed by atoms with Gasteiger partial charge in [-0.05, 0) is 6.07 Å². The molecule has 0 aliphatic carbocycles. The quantitative estimate of drug-likeness (QED) is 0.849. The van der Waals surface area contributed by atoms with Crippen molar-refractivity contribution in [1.82, 2.24) is 4.31 Å². The Balaban J connectivity index is 2.52. The van der Waals surface area contributed by atoms with Crippen LogP contribution in [-0.2, 0) is 14.8 Å². The zero-order valence-electron chi connectivity index (χ0n) is 9.54. The van der Waals surface area contributed by atoms with Crippen LogP contribution in [0.5, 0.6) is 0 Å². The highest BCUT2D eigenvalue weighted by Crippen LogP contribution is 2.33. The topological polar surface area (TPSA) is 66.8 Å². The van der Waals surface area contributed by atoms with Crippen molar-refractivity contribution in [3.63, 3.8) is 0 Å². The molecular formula is C11H15NO4S. The molecule has 2 rings (SSSR count). The summed E-state index contributed by atoms with van der Waals surface area (Å²) in [6.45, 7) is 0.144. The van der Waals surface area contributed by atoms with Gasteiger partial charge < -0.3 is 9.84 Å². The fraction of sp³-hybridized carbons (Fsp3) is 0.455. The van der Waals surface area contributed by atoms with Gasteiger partial charge in [-0.2, -0.15) is 4.31 Å². The van der Waals surface area contributed by atoms with Gasteiger partial charge in [-0.15, -0.1) is 0 Å². The summed E-state index contributed by atoms with van der Waals surface area (Å²) in [5.41, 5.74) is 0.684. The van der Waals surface area contributed by atoms with Gasteiger partial charge in [-0.25, -0.2) is 8.42 Å². The lowest BCUT2D eigenvalue weighted by Crippen LogP contribution is -2.41. The summed E-state index contributed by atoms with van der Waals surface area (Å²) in [5, 5.41) is 8.91. The summed E-state index contributed by atoms with van der Waals surface area (Å²) in [7, 11) is -1.94. The first kappa shape index (κ1) is 12.5. The van der Waals surface area contributed by atoms with Crippen LogP contribution in [0, 0.1) is 0 Å². The Bertz CT molecular complexity index is 500. The van der Waals surface area contributed by atoms with Crippen LogP contribution in [-0.4, -0.2) is 44.6 Å². The van der Waals surface area contributed by atoms with Crippen molar-refractivity contribution in [2.24, 2.45) is 0 Å². The van der Waals surface area contributed by atoms with E-state index in [0.29, 0.717) is 5.56 Å². The van der Waals surface area contributed by atoms with Crippen molar-refractivity contribution in [3.05, 3.63) is 29.8 Å². The van der Waals surface area contributed by atoms with Gasteiger partial charge in [-0.1, -0.05) is 18.2 Å². The summed E-state index contributed by atoms with van der Waals surface area (Å²) in [4.78, 5) is 0.270. The molecule has 1 aliphatic rings. The van der Waals surface area contributed by atoms with Crippen molar-refractivity contribution in [1.29, 1.82) is 0 Å². The molecule has 1 heterocycles. The molecule has 0 radical (unpaired) electrons. The number of sulfonamides is 1. The fourth-order valence-corrected chi connectivity index (χ4v) is 3.71. The van der Waals surface area contributed by atoms with E-state index in [4.69, 9.17) is 9.84 Å². The minimum atomic E-state index is -3.49. The van der Waals surface area contributed by atoms with Crippen LogP contribution < -0.4 is 0 Å². The minimum Gasteiger partial charge on any atom is -0.395 e. The molecule has 1 atom stereocenters. The number of aliphatic hydroxyl groups is 1. The van der Waals surface area contributed by atoms with E-state index in [2.05, 4.69) is 0 Å². The number of hydrogen-bond acceptors (Lipinski definition) is 4. The van der Waals surface area contributed by atoms with Gasteiger partial charge in [0.1, 0.15) is 0 Å². The summed E-state index contributed by atoms with van der Waals surface area (Å²) in [6, 6.07) is 6.81. The molecule has 17 heavy (non-hydrogen) atoms. The number of fused-ring (bicyclic) bond motifs is 1. The molecule has 0 aromatic heterocycles. The lowest BCUT2D eigenvalue weighted by molar-refractivity contribution is 0.0742. The summed E-state index contributed by atoms with van der Waals surface area (Å²) < 4.78 is 31.0. The van der Waals surface area contributed by atoms with Crippen LogP contribution in [0.4, 0.5) is 0 Å². The Labute approximate surface area is 101 Å². The Hall–Kier alpha value is -0.950. The van der Waals surface area contributed by atoms with Gasteiger partial charge in [-0.3, -0.25) is 0 Å². The first-order chi connectivity index (χ1) is 8.11. The van der Waals surface area contributed by atoms with E-state index in [1.165, 1.54) is 4.31 Å². The zero-order chi connectivity index (χ0) is 12.5. The number of ether oxygens (including phenoxy) is 1. The van der Waals surface area contributed by atoms with Gasteiger partial charge >= 0.3 is 0 Å². The van der Waals surface area contributed by atoms with E-state index in [9.17, 15) is 8.42 Å². The average Bonchev–Trinajstić information content (AvgIpc) is 2.33. The minimum absolute atomic E-state index is 0.0938. The Morgan fingerprint density at radius 2 is 2.18 bits per heavy atom. The van der Waals surface area contributed by atoms with E-state index >= 15 is 0 Å². The summed E-state index contributed by atoms with van der Waals surface area (Å²) in [5.74, 6) is 0. The molecule has 0 spiro atoms. The third kappa shape index (κ3) is 2.09. The molecule has 1 N–H and O–H groups in total. The third-order valence-corrected chi connectivity index (χ3v) is 4.83. The first-order valence-corrected chi connectivity index (χ1v) is 6.78. The number of methoxy groups -OCH3 is 1. The van der Waals surface area contributed by atoms with Crippen molar-refractivity contribution < 1.29 is 18.3 Å². The second-order valence-electron chi connectivity index (χ2n) is 3.85. The van der Waals surface area contributed by atoms with Crippen LogP contribution in [0.2, 0.25) is 0 Å². The van der Waals surface area contributed by atoms with Crippen molar-refractivity contribution in [2.75, 3.05) is 26.8 Å². The Morgan fingerprint density at radius 3 is 2.82 bits per heavy atom. The second-order valence-corrected chi connectivity index (χ2v) is 5.76. The van der Waals surface area contributed by atoms with E-state index in [1.54, 1.807) is 31.4 Å². The van der Waals surface area contributed by atoms with Crippen LogP contribution in [0.25, 0.3) is 0 Å². The highest BCUT2D eigenvalue weighted by atomic mass is 32.2. The monoisotopic (exact) mass is 257 g/mol. The normalized spacial score (nSPS) is 23.3. The lowest BCUT2D eigenvalue weighted by atomic mass is 10.1. The lowest BCUT2D eigenvalue weighted by Gasteiger charge is -2.32. The molecule has 0 saturated carbocycles. The van der Waals surface area contributed by atoms with Crippen molar-refractivity contribution in [3.8, 4) is 0 Å². The molecule has 1 aliphatic heterocycles. The molecule has 1 aromatic rings. The Morgan fingerprint density at radius 1 is 1.47 bits per heavy atom. The molecule has 0 saturated heterocycles. The highest BCUT2D eigenvalue weighted by molar-refractivity contribution is 7.89. The Kier molecular flexibility index (Phi) is 3.48. The molecule has 0 fully saturated rings. The number of β-amino-alcohol motifs (C(OH)–C–C–N with tert-alkyl or cyclic N) is 1. The molecule has 1 unspecified atom stereocenters. The van der Waals surface area contributed by atoms with Gasteiger partial charge in [0.2, 0.25) is 10.0 Å². The van der Waals surface area contributed by atoms with Crippen molar-refractivity contribution in [2.45, 2.75) is 11.0 Å². The van der Waals surface area contributed by atoms with E-state index in [-0.39, 0.29) is 30.7 Å². The highest BCUT2D eigenvalue weighted by Gasteiger charge is 2.36. The molecule has 0 amide bonds. The van der Waals surface area contributed by atoms with Crippen LogP contribution in [0.3, 0.4) is 0 Å². The predicted molar refractivity (Wildman–Crippen MR) is 62.0 cm³/mol. The van der Waals surface area contributed by atoms with Crippen molar-refractivity contribution >= 4 is 10.0 Å². The molecular weight excluding hydrogens is 242 g/mol. The molecule has 5 nitrogen and oxygen atoms in total. The number of benzene rings is 1. The van der Waals surface area contributed by atoms with Gasteiger partial charge in [0.25, 0.3) is 0 Å². The number of aliphatic hydroxyl groups excluding tert-OH is 1. The molecule has 0 bridgehead atoms. The second kappa shape index (κ2) is 4.73. The van der Waals surface area contributed by atoms with Crippen LogP contribution in [0.1, 0.15) is 11.7 Å². The SMILES string of the molecule is COC1CN(CCO)S(=O)(=O)c2ccccc21. The van der Waals surface area contributed by atoms with Gasteiger partial charge in [0.15, 0.2) is 0 Å². The number of hydrogen-bond donors (Lipinski definition) is 1. The maximum atomic E-state index is 12.2. The largest absolute Gasteiger partial charge is 0.395 e. The molecule has 1 aromatic carbocycles. The third-order valence-electron chi connectivity index (χ3n) is 2.89. The van der Waals surface area contributed by atoms with Gasteiger partial charge in [0, 0.05) is 25.8 Å². The smallest absolute Gasteiger partial charge is 0.243 e. The fourth-order valence-electron chi connectivity index (χ4n) is 2.03. The van der Waals surface area contributed by atoms with E-state index < -0.39 is 10.0 Å². The number of rotatable bonds is 3. The summed E-state index contributed by atoms with van der Waals surface area (Å²) in [6.07, 6.45) is -0.277.